The van der Waals surface area contributed by atoms with Crippen molar-refractivity contribution in [3.05, 3.63) is 23.3 Å². The van der Waals surface area contributed by atoms with Gasteiger partial charge in [0.25, 0.3) is 0 Å². The van der Waals surface area contributed by atoms with Gasteiger partial charge in [-0.2, -0.15) is 0 Å². The van der Waals surface area contributed by atoms with E-state index in [1.165, 1.54) is 0 Å². The molecule has 0 amide bonds. The molecule has 94 valence electrons. The normalized spacial score (nSPS) is 26.9. The summed E-state index contributed by atoms with van der Waals surface area (Å²) in [5.74, 6) is 1.23. The fourth-order valence-corrected chi connectivity index (χ4v) is 2.26. The molecule has 1 aliphatic rings. The zero-order chi connectivity index (χ0) is 12.8. The third kappa shape index (κ3) is 2.12. The molecular weight excluding hydrogens is 216 g/mol. The Hall–Kier alpha value is -1.22. The lowest BCUT2D eigenvalue weighted by atomic mass is 9.90. The predicted molar refractivity (Wildman–Crippen MR) is 66.6 cm³/mol. The van der Waals surface area contributed by atoms with E-state index in [4.69, 9.17) is 4.74 Å². The van der Waals surface area contributed by atoms with Gasteiger partial charge < -0.3 is 14.9 Å². The molecule has 1 heterocycles. The number of benzene rings is 1. The SMILES string of the molecule is Cc1cc2c(cc1O)[C@@H](C)C[C@@H](O)C(C)(C)O2. The van der Waals surface area contributed by atoms with Crippen LogP contribution < -0.4 is 4.74 Å². The van der Waals surface area contributed by atoms with Gasteiger partial charge in [0.05, 0.1) is 6.10 Å². The number of aliphatic hydroxyl groups is 1. The smallest absolute Gasteiger partial charge is 0.129 e. The van der Waals surface area contributed by atoms with E-state index in [1.807, 2.05) is 33.8 Å². The summed E-state index contributed by atoms with van der Waals surface area (Å²) in [5, 5.41) is 19.9. The molecule has 0 saturated heterocycles. The van der Waals surface area contributed by atoms with Gasteiger partial charge in [0.15, 0.2) is 0 Å². The highest BCUT2D eigenvalue weighted by molar-refractivity contribution is 5.47. The summed E-state index contributed by atoms with van der Waals surface area (Å²) in [6.45, 7) is 7.67. The highest BCUT2D eigenvalue weighted by Gasteiger charge is 2.36. The molecule has 0 radical (unpaired) electrons. The molecule has 0 aromatic heterocycles. The second kappa shape index (κ2) is 3.91. The second-order valence-electron chi connectivity index (χ2n) is 5.53. The zero-order valence-electron chi connectivity index (χ0n) is 10.8. The Morgan fingerprint density at radius 3 is 2.65 bits per heavy atom. The van der Waals surface area contributed by atoms with Crippen LogP contribution in [0.15, 0.2) is 12.1 Å². The Morgan fingerprint density at radius 2 is 2.00 bits per heavy atom. The first kappa shape index (κ1) is 12.2. The van der Waals surface area contributed by atoms with Crippen molar-refractivity contribution in [2.24, 2.45) is 0 Å². The van der Waals surface area contributed by atoms with E-state index in [0.29, 0.717) is 6.42 Å². The van der Waals surface area contributed by atoms with E-state index in [9.17, 15) is 10.2 Å². The van der Waals surface area contributed by atoms with Crippen molar-refractivity contribution in [3.63, 3.8) is 0 Å². The van der Waals surface area contributed by atoms with Crippen LogP contribution >= 0.6 is 0 Å². The van der Waals surface area contributed by atoms with Gasteiger partial charge in [0.1, 0.15) is 17.1 Å². The van der Waals surface area contributed by atoms with Crippen molar-refractivity contribution in [1.29, 1.82) is 0 Å². The molecule has 1 aliphatic heterocycles. The van der Waals surface area contributed by atoms with Gasteiger partial charge in [-0.05, 0) is 50.8 Å². The van der Waals surface area contributed by atoms with Gasteiger partial charge in [-0.1, -0.05) is 6.92 Å². The molecule has 0 unspecified atom stereocenters. The molecule has 1 aromatic rings. The van der Waals surface area contributed by atoms with Crippen LogP contribution in [0.2, 0.25) is 0 Å². The fourth-order valence-electron chi connectivity index (χ4n) is 2.26. The average Bonchev–Trinajstić information content (AvgIpc) is 2.28. The summed E-state index contributed by atoms with van der Waals surface area (Å²) < 4.78 is 5.90. The summed E-state index contributed by atoms with van der Waals surface area (Å²) in [6.07, 6.45) is 0.134. The number of hydrogen-bond acceptors (Lipinski definition) is 3. The molecule has 0 saturated carbocycles. The lowest BCUT2D eigenvalue weighted by molar-refractivity contribution is -0.0280. The first-order valence-electron chi connectivity index (χ1n) is 6.02. The zero-order valence-corrected chi connectivity index (χ0v) is 10.8. The van der Waals surface area contributed by atoms with E-state index in [0.717, 1.165) is 16.9 Å². The molecule has 2 rings (SSSR count). The Morgan fingerprint density at radius 1 is 1.35 bits per heavy atom. The Kier molecular flexibility index (Phi) is 2.82. The first-order valence-corrected chi connectivity index (χ1v) is 6.02. The molecular formula is C14H20O3. The van der Waals surface area contributed by atoms with Crippen molar-refractivity contribution < 1.29 is 14.9 Å². The maximum atomic E-state index is 10.1. The van der Waals surface area contributed by atoms with Gasteiger partial charge >= 0.3 is 0 Å². The lowest BCUT2D eigenvalue weighted by Crippen LogP contribution is -2.41. The average molecular weight is 236 g/mol. The Bertz CT molecular complexity index is 437. The number of aromatic hydroxyl groups is 1. The number of aliphatic hydroxyl groups excluding tert-OH is 1. The second-order valence-corrected chi connectivity index (χ2v) is 5.53. The van der Waals surface area contributed by atoms with Gasteiger partial charge in [0, 0.05) is 5.56 Å². The lowest BCUT2D eigenvalue weighted by Gasteiger charge is -2.29. The van der Waals surface area contributed by atoms with Gasteiger partial charge in [-0.25, -0.2) is 0 Å². The molecule has 1 aromatic carbocycles. The van der Waals surface area contributed by atoms with E-state index in [1.54, 1.807) is 6.07 Å². The number of hydrogen-bond donors (Lipinski definition) is 2. The van der Waals surface area contributed by atoms with Crippen molar-refractivity contribution >= 4 is 0 Å². The largest absolute Gasteiger partial charge is 0.508 e. The minimum absolute atomic E-state index is 0.174. The van der Waals surface area contributed by atoms with Crippen molar-refractivity contribution in [1.82, 2.24) is 0 Å². The summed E-state index contributed by atoms with van der Waals surface area (Å²) >= 11 is 0. The molecule has 2 N–H and O–H groups in total. The standard InChI is InChI=1S/C14H20O3/c1-8-6-13(16)14(3,4)17-12-5-9(2)11(15)7-10(8)12/h5,7-8,13,15-16H,6H2,1-4H3/t8-,13+/m0/s1. The van der Waals surface area contributed by atoms with Crippen molar-refractivity contribution in [3.8, 4) is 11.5 Å². The van der Waals surface area contributed by atoms with Crippen LogP contribution in [-0.2, 0) is 0 Å². The Labute approximate surface area is 102 Å². The highest BCUT2D eigenvalue weighted by Crippen LogP contribution is 2.41. The van der Waals surface area contributed by atoms with Gasteiger partial charge in [0.2, 0.25) is 0 Å². The molecule has 2 atom stereocenters. The minimum Gasteiger partial charge on any atom is -0.508 e. The topological polar surface area (TPSA) is 49.7 Å². The number of rotatable bonds is 0. The molecule has 0 aliphatic carbocycles. The van der Waals surface area contributed by atoms with Crippen LogP contribution in [0.5, 0.6) is 11.5 Å². The van der Waals surface area contributed by atoms with E-state index in [2.05, 4.69) is 0 Å². The van der Waals surface area contributed by atoms with Crippen LogP contribution in [0.4, 0.5) is 0 Å². The van der Waals surface area contributed by atoms with Crippen molar-refractivity contribution in [2.45, 2.75) is 51.7 Å². The third-order valence-corrected chi connectivity index (χ3v) is 3.61. The minimum atomic E-state index is -0.594. The molecule has 3 nitrogen and oxygen atoms in total. The number of phenols is 1. The fraction of sp³-hybridized carbons (Fsp3) is 0.571. The maximum Gasteiger partial charge on any atom is 0.129 e. The molecule has 0 bridgehead atoms. The van der Waals surface area contributed by atoms with Gasteiger partial charge in [-0.15, -0.1) is 0 Å². The van der Waals surface area contributed by atoms with Gasteiger partial charge in [-0.3, -0.25) is 0 Å². The summed E-state index contributed by atoms with van der Waals surface area (Å²) in [7, 11) is 0. The summed E-state index contributed by atoms with van der Waals surface area (Å²) in [4.78, 5) is 0. The van der Waals surface area contributed by atoms with Crippen LogP contribution in [0, 0.1) is 6.92 Å². The van der Waals surface area contributed by atoms with E-state index >= 15 is 0 Å². The number of ether oxygens (including phenoxy) is 1. The van der Waals surface area contributed by atoms with Crippen LogP contribution in [0.1, 0.15) is 44.2 Å². The molecule has 0 spiro atoms. The predicted octanol–water partition coefficient (Wildman–Crippen LogP) is 2.73. The molecule has 0 fully saturated rings. The Balaban J connectivity index is 2.52. The summed E-state index contributed by atoms with van der Waals surface area (Å²) in [6, 6.07) is 3.60. The van der Waals surface area contributed by atoms with Crippen molar-refractivity contribution in [2.75, 3.05) is 0 Å². The summed E-state index contributed by atoms with van der Waals surface area (Å²) in [5.41, 5.74) is 1.17. The number of phenolic OH excluding ortho intramolecular Hbond substituents is 1. The third-order valence-electron chi connectivity index (χ3n) is 3.61. The highest BCUT2D eigenvalue weighted by atomic mass is 16.5. The van der Waals surface area contributed by atoms with Crippen LogP contribution in [0.3, 0.4) is 0 Å². The van der Waals surface area contributed by atoms with Crippen LogP contribution in [-0.4, -0.2) is 21.9 Å². The monoisotopic (exact) mass is 236 g/mol. The number of fused-ring (bicyclic) bond motifs is 1. The van der Waals surface area contributed by atoms with E-state index in [-0.39, 0.29) is 11.7 Å². The van der Waals surface area contributed by atoms with Crippen LogP contribution in [0.25, 0.3) is 0 Å². The number of aryl methyl sites for hydroxylation is 1. The molecule has 17 heavy (non-hydrogen) atoms. The molecule has 3 heteroatoms. The quantitative estimate of drug-likeness (QED) is 0.728. The van der Waals surface area contributed by atoms with E-state index < -0.39 is 11.7 Å². The maximum absolute atomic E-state index is 10.1. The first-order chi connectivity index (χ1) is 7.81.